The van der Waals surface area contributed by atoms with Gasteiger partial charge in [0, 0.05) is 22.9 Å². The fourth-order valence-electron chi connectivity index (χ4n) is 3.14. The molecule has 0 spiro atoms. The summed E-state index contributed by atoms with van der Waals surface area (Å²) >= 11 is 7.17. The molecule has 0 bridgehead atoms. The monoisotopic (exact) mass is 458 g/mol. The van der Waals surface area contributed by atoms with Crippen molar-refractivity contribution in [1.29, 1.82) is 0 Å². The van der Waals surface area contributed by atoms with E-state index in [2.05, 4.69) is 20.6 Å². The molecule has 1 atom stereocenters. The molecule has 0 saturated heterocycles. The highest BCUT2D eigenvalue weighted by atomic mass is 35.5. The lowest BCUT2D eigenvalue weighted by Gasteiger charge is -2.23. The molecule has 1 aliphatic rings. The summed E-state index contributed by atoms with van der Waals surface area (Å²) in [5, 5.41) is 6.13. The van der Waals surface area contributed by atoms with Crippen LogP contribution in [0.5, 0.6) is 0 Å². The van der Waals surface area contributed by atoms with Crippen LogP contribution >= 0.6 is 23.4 Å². The number of halogens is 2. The van der Waals surface area contributed by atoms with Crippen molar-refractivity contribution in [2.24, 2.45) is 0 Å². The van der Waals surface area contributed by atoms with Crippen LogP contribution in [-0.2, 0) is 15.3 Å². The molecule has 0 aliphatic carbocycles. The maximum atomic E-state index is 13.1. The van der Waals surface area contributed by atoms with Gasteiger partial charge >= 0.3 is 0 Å². The van der Waals surface area contributed by atoms with Crippen molar-refractivity contribution in [1.82, 2.24) is 9.97 Å². The van der Waals surface area contributed by atoms with E-state index >= 15 is 0 Å². The summed E-state index contributed by atoms with van der Waals surface area (Å²) in [6.07, 6.45) is -0.192. The topological polar surface area (TPSA) is 104 Å². The van der Waals surface area contributed by atoms with Gasteiger partial charge in [-0.25, -0.2) is 9.37 Å². The van der Waals surface area contributed by atoms with Crippen LogP contribution in [0.15, 0.2) is 58.5 Å². The molecule has 2 aromatic carbocycles. The number of nitrogens with zero attached hydrogens (tertiary/aromatic N) is 1. The van der Waals surface area contributed by atoms with E-state index in [1.807, 2.05) is 12.1 Å². The molecule has 7 nitrogen and oxygen atoms in total. The number of anilines is 2. The molecule has 3 aromatic rings. The number of hydrogen-bond acceptors (Lipinski definition) is 5. The van der Waals surface area contributed by atoms with Crippen molar-refractivity contribution in [3.8, 4) is 0 Å². The first-order valence-corrected chi connectivity index (χ1v) is 10.6. The van der Waals surface area contributed by atoms with Crippen LogP contribution in [0.25, 0.3) is 0 Å². The van der Waals surface area contributed by atoms with Gasteiger partial charge in [-0.1, -0.05) is 35.5 Å². The van der Waals surface area contributed by atoms with Gasteiger partial charge < -0.3 is 15.6 Å². The number of fused-ring (bicyclic) bond motifs is 1. The Morgan fingerprint density at radius 3 is 2.58 bits per heavy atom. The van der Waals surface area contributed by atoms with E-state index in [4.69, 9.17) is 11.6 Å². The van der Waals surface area contributed by atoms with Crippen LogP contribution in [0.1, 0.15) is 23.5 Å². The van der Waals surface area contributed by atoms with Crippen LogP contribution in [-0.4, -0.2) is 21.8 Å². The van der Waals surface area contributed by atoms with Gasteiger partial charge in [-0.05, 0) is 42.0 Å². The van der Waals surface area contributed by atoms with Gasteiger partial charge in [0.2, 0.25) is 11.8 Å². The van der Waals surface area contributed by atoms with E-state index in [0.717, 1.165) is 5.56 Å². The number of benzene rings is 2. The summed E-state index contributed by atoms with van der Waals surface area (Å²) in [5.74, 6) is -1.82. The lowest BCUT2D eigenvalue weighted by molar-refractivity contribution is -0.123. The molecule has 2 heterocycles. The van der Waals surface area contributed by atoms with E-state index in [1.165, 1.54) is 36.0 Å². The summed E-state index contributed by atoms with van der Waals surface area (Å²) in [6, 6.07) is 12.5. The summed E-state index contributed by atoms with van der Waals surface area (Å²) in [5.41, 5.74) is 0.937. The molecule has 2 amide bonds. The predicted molar refractivity (Wildman–Crippen MR) is 117 cm³/mol. The molecule has 3 N–H and O–H groups in total. The first kappa shape index (κ1) is 21.1. The molecular formula is C21H16ClFN4O3S. The van der Waals surface area contributed by atoms with E-state index in [0.29, 0.717) is 21.6 Å². The zero-order chi connectivity index (χ0) is 22.0. The smallest absolute Gasteiger partial charge is 0.257 e. The number of aromatic nitrogens is 2. The molecule has 10 heteroatoms. The minimum atomic E-state index is -1.01. The van der Waals surface area contributed by atoms with Crippen LogP contribution < -0.4 is 16.2 Å². The Bertz CT molecular complexity index is 1200. The zero-order valence-electron chi connectivity index (χ0n) is 15.9. The SMILES string of the molecule is O=C1C[C@H](C(=O)Nc2ccc(F)cc2)c2c(nc(SCc3ccc(Cl)cc3)[nH]c2=O)N1. The van der Waals surface area contributed by atoms with Crippen molar-refractivity contribution in [3.63, 3.8) is 0 Å². The lowest BCUT2D eigenvalue weighted by atomic mass is 9.92. The third-order valence-electron chi connectivity index (χ3n) is 4.65. The van der Waals surface area contributed by atoms with Gasteiger partial charge in [-0.2, -0.15) is 0 Å². The summed E-state index contributed by atoms with van der Waals surface area (Å²) in [6.45, 7) is 0. The number of carbonyl (C=O) groups is 2. The molecule has 4 rings (SSSR count). The number of amides is 2. The van der Waals surface area contributed by atoms with E-state index in [1.54, 1.807) is 12.1 Å². The minimum absolute atomic E-state index is 0.0675. The Balaban J connectivity index is 1.56. The number of carbonyl (C=O) groups excluding carboxylic acids is 2. The van der Waals surface area contributed by atoms with Crippen molar-refractivity contribution in [3.05, 3.63) is 80.9 Å². The van der Waals surface area contributed by atoms with Gasteiger partial charge in [0.15, 0.2) is 5.16 Å². The second-order valence-corrected chi connectivity index (χ2v) is 8.25. The Morgan fingerprint density at radius 2 is 1.87 bits per heavy atom. The van der Waals surface area contributed by atoms with Crippen LogP contribution in [0.3, 0.4) is 0 Å². The second kappa shape index (κ2) is 8.91. The van der Waals surface area contributed by atoms with E-state index in [9.17, 15) is 18.8 Å². The fourth-order valence-corrected chi connectivity index (χ4v) is 4.08. The number of thioether (sulfide) groups is 1. The largest absolute Gasteiger partial charge is 0.326 e. The highest BCUT2D eigenvalue weighted by molar-refractivity contribution is 7.98. The average molecular weight is 459 g/mol. The zero-order valence-corrected chi connectivity index (χ0v) is 17.5. The van der Waals surface area contributed by atoms with E-state index < -0.39 is 29.1 Å². The van der Waals surface area contributed by atoms with Crippen molar-refractivity contribution >= 4 is 46.7 Å². The maximum absolute atomic E-state index is 13.1. The predicted octanol–water partition coefficient (Wildman–Crippen LogP) is 3.92. The van der Waals surface area contributed by atoms with Gasteiger partial charge in [0.25, 0.3) is 5.56 Å². The minimum Gasteiger partial charge on any atom is -0.326 e. The van der Waals surface area contributed by atoms with Crippen LogP contribution in [0, 0.1) is 5.82 Å². The second-order valence-electron chi connectivity index (χ2n) is 6.85. The average Bonchev–Trinajstić information content (AvgIpc) is 2.74. The summed E-state index contributed by atoms with van der Waals surface area (Å²) < 4.78 is 13.1. The molecule has 0 fully saturated rings. The Morgan fingerprint density at radius 1 is 1.16 bits per heavy atom. The molecule has 1 aliphatic heterocycles. The number of rotatable bonds is 5. The molecule has 1 aromatic heterocycles. The Hall–Kier alpha value is -3.17. The summed E-state index contributed by atoms with van der Waals surface area (Å²) in [7, 11) is 0. The highest BCUT2D eigenvalue weighted by Crippen LogP contribution is 2.31. The lowest BCUT2D eigenvalue weighted by Crippen LogP contribution is -2.36. The summed E-state index contributed by atoms with van der Waals surface area (Å²) in [4.78, 5) is 44.7. The third kappa shape index (κ3) is 4.95. The Labute approximate surface area is 185 Å². The normalized spacial score (nSPS) is 15.2. The van der Waals surface area contributed by atoms with E-state index in [-0.39, 0.29) is 17.8 Å². The molecule has 31 heavy (non-hydrogen) atoms. The maximum Gasteiger partial charge on any atom is 0.257 e. The standard InChI is InChI=1S/C21H16ClFN4O3S/c22-12-3-1-11(2-4-12)10-31-21-26-18-17(20(30)27-21)15(9-16(28)25-18)19(29)24-14-7-5-13(23)6-8-14/h1-8,15H,9-10H2,(H,24,29)(H2,25,26,27,28,30)/t15-/m0/s1. The fraction of sp³-hybridized carbons (Fsp3) is 0.143. The highest BCUT2D eigenvalue weighted by Gasteiger charge is 2.34. The molecule has 0 saturated carbocycles. The first-order valence-electron chi connectivity index (χ1n) is 9.27. The molecule has 158 valence electrons. The quantitative estimate of drug-likeness (QED) is 0.397. The number of aromatic amines is 1. The first-order chi connectivity index (χ1) is 14.9. The Kier molecular flexibility index (Phi) is 6.06. The number of nitrogens with one attached hydrogen (secondary N) is 3. The van der Waals surface area contributed by atoms with Gasteiger partial charge in [0.05, 0.1) is 11.5 Å². The number of hydrogen-bond donors (Lipinski definition) is 3. The van der Waals surface area contributed by atoms with Crippen molar-refractivity contribution in [2.45, 2.75) is 23.2 Å². The number of H-pyrrole nitrogens is 1. The van der Waals surface area contributed by atoms with Crippen molar-refractivity contribution in [2.75, 3.05) is 10.6 Å². The van der Waals surface area contributed by atoms with Gasteiger partial charge in [-0.3, -0.25) is 14.4 Å². The van der Waals surface area contributed by atoms with Gasteiger partial charge in [0.1, 0.15) is 11.6 Å². The molecule has 0 radical (unpaired) electrons. The van der Waals surface area contributed by atoms with Crippen LogP contribution in [0.4, 0.5) is 15.9 Å². The van der Waals surface area contributed by atoms with Crippen molar-refractivity contribution < 1.29 is 14.0 Å². The van der Waals surface area contributed by atoms with Gasteiger partial charge in [-0.15, -0.1) is 0 Å². The van der Waals surface area contributed by atoms with Crippen LogP contribution in [0.2, 0.25) is 5.02 Å². The molecular weight excluding hydrogens is 443 g/mol. The third-order valence-corrected chi connectivity index (χ3v) is 5.84. The molecule has 0 unspecified atom stereocenters.